The fraction of sp³-hybridized carbons (Fsp3) is 0.391. The second kappa shape index (κ2) is 9.03. The van der Waals surface area contributed by atoms with Crippen molar-refractivity contribution in [2.75, 3.05) is 44.3 Å². The number of hydrogen-bond donors (Lipinski definition) is 1. The number of morpholine rings is 1. The van der Waals surface area contributed by atoms with Gasteiger partial charge >= 0.3 is 0 Å². The summed E-state index contributed by atoms with van der Waals surface area (Å²) in [5.74, 6) is 0.0229. The molecule has 5 nitrogen and oxygen atoms in total. The van der Waals surface area contributed by atoms with E-state index in [1.807, 2.05) is 36.1 Å². The highest BCUT2D eigenvalue weighted by molar-refractivity contribution is 7.22. The minimum absolute atomic E-state index is 0.0229. The van der Waals surface area contributed by atoms with Crippen LogP contribution >= 0.6 is 11.3 Å². The zero-order chi connectivity index (χ0) is 20.2. The lowest BCUT2D eigenvalue weighted by Gasteiger charge is -2.27. The number of ether oxygens (including phenoxy) is 1. The maximum absolute atomic E-state index is 13.4. The van der Waals surface area contributed by atoms with Crippen molar-refractivity contribution in [2.24, 2.45) is 0 Å². The number of anilines is 1. The first-order valence-electron chi connectivity index (χ1n) is 10.3. The number of quaternary nitrogens is 1. The number of nitrogens with zero attached hydrogens (tertiary/aromatic N) is 2. The lowest BCUT2D eigenvalue weighted by molar-refractivity contribution is -0.906. The third-order valence-electron chi connectivity index (χ3n) is 5.54. The van der Waals surface area contributed by atoms with E-state index in [1.54, 1.807) is 11.3 Å². The van der Waals surface area contributed by atoms with Crippen LogP contribution in [0.2, 0.25) is 0 Å². The van der Waals surface area contributed by atoms with E-state index in [0.717, 1.165) is 60.2 Å². The Morgan fingerprint density at radius 2 is 1.93 bits per heavy atom. The molecule has 2 heterocycles. The summed E-state index contributed by atoms with van der Waals surface area (Å²) in [5.41, 5.74) is 4.11. The molecule has 0 atom stereocenters. The molecule has 0 aliphatic carbocycles. The lowest BCUT2D eigenvalue weighted by atomic mass is 10.1. The molecule has 6 heteroatoms. The second-order valence-corrected chi connectivity index (χ2v) is 8.56. The quantitative estimate of drug-likeness (QED) is 0.680. The highest BCUT2D eigenvalue weighted by atomic mass is 32.1. The summed E-state index contributed by atoms with van der Waals surface area (Å²) in [6.45, 7) is 9.31. The predicted octanol–water partition coefficient (Wildman–Crippen LogP) is 2.73. The molecule has 29 heavy (non-hydrogen) atoms. The number of rotatable bonds is 6. The fourth-order valence-electron chi connectivity index (χ4n) is 3.71. The zero-order valence-corrected chi connectivity index (χ0v) is 17.9. The van der Waals surface area contributed by atoms with Crippen LogP contribution in [0.1, 0.15) is 28.4 Å². The molecule has 4 rings (SSSR count). The molecule has 0 radical (unpaired) electrons. The van der Waals surface area contributed by atoms with Crippen molar-refractivity contribution in [3.8, 4) is 0 Å². The van der Waals surface area contributed by atoms with Crippen molar-refractivity contribution in [2.45, 2.75) is 20.3 Å². The number of aryl methyl sites for hydroxylation is 2. The zero-order valence-electron chi connectivity index (χ0n) is 17.1. The molecule has 1 aliphatic rings. The molecular formula is C23H28N3O2S+. The van der Waals surface area contributed by atoms with Crippen LogP contribution in [0.15, 0.2) is 42.5 Å². The van der Waals surface area contributed by atoms with E-state index in [-0.39, 0.29) is 5.91 Å². The fourth-order valence-corrected chi connectivity index (χ4v) is 4.75. The minimum Gasteiger partial charge on any atom is -0.370 e. The third-order valence-corrected chi connectivity index (χ3v) is 6.58. The number of amides is 1. The molecule has 1 aliphatic heterocycles. The van der Waals surface area contributed by atoms with Crippen molar-refractivity contribution in [3.63, 3.8) is 0 Å². The molecule has 1 amide bonds. The Morgan fingerprint density at radius 1 is 1.17 bits per heavy atom. The van der Waals surface area contributed by atoms with E-state index in [1.165, 1.54) is 10.5 Å². The Labute approximate surface area is 175 Å². The van der Waals surface area contributed by atoms with Crippen LogP contribution in [-0.4, -0.2) is 50.3 Å². The van der Waals surface area contributed by atoms with E-state index < -0.39 is 0 Å². The summed E-state index contributed by atoms with van der Waals surface area (Å²) >= 11 is 1.61. The van der Waals surface area contributed by atoms with Gasteiger partial charge in [-0.15, -0.1) is 0 Å². The van der Waals surface area contributed by atoms with Crippen LogP contribution in [0.4, 0.5) is 5.13 Å². The first-order valence-corrected chi connectivity index (χ1v) is 11.2. The normalized spacial score (nSPS) is 15.0. The Morgan fingerprint density at radius 3 is 2.66 bits per heavy atom. The molecule has 0 unspecified atom stereocenters. The lowest BCUT2D eigenvalue weighted by Crippen LogP contribution is -3.14. The molecule has 1 aromatic heterocycles. The van der Waals surface area contributed by atoms with Crippen LogP contribution in [0.25, 0.3) is 10.2 Å². The van der Waals surface area contributed by atoms with Gasteiger partial charge in [-0.3, -0.25) is 9.69 Å². The van der Waals surface area contributed by atoms with Gasteiger partial charge in [0.2, 0.25) is 0 Å². The molecule has 0 bridgehead atoms. The van der Waals surface area contributed by atoms with Crippen LogP contribution in [0, 0.1) is 6.92 Å². The Kier molecular flexibility index (Phi) is 6.23. The highest BCUT2D eigenvalue weighted by Crippen LogP contribution is 2.31. The SMILES string of the molecule is CCc1cccc2sc(N(CC[NH+]3CCOCC3)C(=O)c3ccc(C)cc3)nc12. The van der Waals surface area contributed by atoms with Gasteiger partial charge in [-0.1, -0.05) is 48.1 Å². The monoisotopic (exact) mass is 410 g/mol. The van der Waals surface area contributed by atoms with Crippen LogP contribution in [0.5, 0.6) is 0 Å². The average Bonchev–Trinajstić information content (AvgIpc) is 3.19. The van der Waals surface area contributed by atoms with E-state index >= 15 is 0 Å². The summed E-state index contributed by atoms with van der Waals surface area (Å²) < 4.78 is 6.61. The number of nitrogens with one attached hydrogen (secondary N) is 1. The topological polar surface area (TPSA) is 46.9 Å². The minimum atomic E-state index is 0.0229. The van der Waals surface area contributed by atoms with Gasteiger partial charge in [0.05, 0.1) is 36.5 Å². The maximum Gasteiger partial charge on any atom is 0.260 e. The summed E-state index contributed by atoms with van der Waals surface area (Å²) in [6, 6.07) is 14.1. The van der Waals surface area contributed by atoms with Gasteiger partial charge in [-0.05, 0) is 37.1 Å². The number of thiazole rings is 1. The Balaban J connectivity index is 1.65. The molecule has 1 fully saturated rings. The number of carbonyl (C=O) groups is 1. The smallest absolute Gasteiger partial charge is 0.260 e. The summed E-state index contributed by atoms with van der Waals surface area (Å²) in [4.78, 5) is 21.7. The van der Waals surface area contributed by atoms with Crippen LogP contribution in [0.3, 0.4) is 0 Å². The van der Waals surface area contributed by atoms with Gasteiger partial charge in [0.25, 0.3) is 5.91 Å². The van der Waals surface area contributed by atoms with Crippen molar-refractivity contribution in [1.29, 1.82) is 0 Å². The largest absolute Gasteiger partial charge is 0.370 e. The highest BCUT2D eigenvalue weighted by Gasteiger charge is 2.24. The number of para-hydroxylation sites is 1. The summed E-state index contributed by atoms with van der Waals surface area (Å²) in [5, 5.41) is 0.791. The average molecular weight is 411 g/mol. The Hall–Kier alpha value is -2.28. The van der Waals surface area contributed by atoms with Gasteiger partial charge in [0.1, 0.15) is 13.1 Å². The standard InChI is InChI=1S/C23H27N3O2S/c1-3-18-5-4-6-20-21(18)24-23(29-20)26(12-11-25-13-15-28-16-14-25)22(27)19-9-7-17(2)8-10-19/h4-10H,3,11-16H2,1-2H3/p+1. The van der Waals surface area contributed by atoms with Gasteiger partial charge in [0, 0.05) is 5.56 Å². The first kappa shape index (κ1) is 20.0. The van der Waals surface area contributed by atoms with Crippen LogP contribution < -0.4 is 9.80 Å². The molecule has 0 saturated carbocycles. The third kappa shape index (κ3) is 4.50. The maximum atomic E-state index is 13.4. The summed E-state index contributed by atoms with van der Waals surface area (Å²) in [6.07, 6.45) is 0.935. The van der Waals surface area contributed by atoms with E-state index in [0.29, 0.717) is 12.1 Å². The number of fused-ring (bicyclic) bond motifs is 1. The predicted molar refractivity (Wildman–Crippen MR) is 118 cm³/mol. The first-order chi connectivity index (χ1) is 14.2. The van der Waals surface area contributed by atoms with Gasteiger partial charge in [-0.2, -0.15) is 0 Å². The Bertz CT molecular complexity index is 977. The summed E-state index contributed by atoms with van der Waals surface area (Å²) in [7, 11) is 0. The van der Waals surface area contributed by atoms with Gasteiger partial charge < -0.3 is 9.64 Å². The van der Waals surface area contributed by atoms with Crippen LogP contribution in [-0.2, 0) is 11.2 Å². The van der Waals surface area contributed by atoms with E-state index in [2.05, 4.69) is 25.1 Å². The van der Waals surface area contributed by atoms with Crippen molar-refractivity contribution >= 4 is 32.6 Å². The van der Waals surface area contributed by atoms with Crippen molar-refractivity contribution in [3.05, 3.63) is 59.2 Å². The molecule has 152 valence electrons. The molecular weight excluding hydrogens is 382 g/mol. The van der Waals surface area contributed by atoms with Crippen molar-refractivity contribution in [1.82, 2.24) is 4.98 Å². The number of hydrogen-bond acceptors (Lipinski definition) is 4. The molecule has 2 aromatic carbocycles. The second-order valence-electron chi connectivity index (χ2n) is 7.55. The van der Waals surface area contributed by atoms with E-state index in [4.69, 9.17) is 9.72 Å². The van der Waals surface area contributed by atoms with Gasteiger partial charge in [-0.25, -0.2) is 4.98 Å². The number of carbonyl (C=O) groups excluding carboxylic acids is 1. The number of aromatic nitrogens is 1. The van der Waals surface area contributed by atoms with Crippen molar-refractivity contribution < 1.29 is 14.4 Å². The van der Waals surface area contributed by atoms with Gasteiger partial charge in [0.15, 0.2) is 5.13 Å². The number of benzene rings is 2. The molecule has 0 spiro atoms. The molecule has 1 saturated heterocycles. The molecule has 3 aromatic rings. The van der Waals surface area contributed by atoms with E-state index in [9.17, 15) is 4.79 Å². The molecule has 1 N–H and O–H groups in total.